The van der Waals surface area contributed by atoms with Gasteiger partial charge in [0.15, 0.2) is 0 Å². The molecule has 170 valence electrons. The summed E-state index contributed by atoms with van der Waals surface area (Å²) in [7, 11) is 3.56. The molecule has 0 aliphatic heterocycles. The van der Waals surface area contributed by atoms with Crippen molar-refractivity contribution < 1.29 is 9.53 Å². The molecule has 0 saturated carbocycles. The fourth-order valence-corrected chi connectivity index (χ4v) is 4.32. The summed E-state index contributed by atoms with van der Waals surface area (Å²) in [6.07, 6.45) is 5.51. The fraction of sp³-hybridized carbons (Fsp3) is 0.111. The number of nitrogens with zero attached hydrogens (tertiary/aromatic N) is 3. The van der Waals surface area contributed by atoms with Crippen LogP contribution in [0.5, 0.6) is 5.75 Å². The number of halogens is 1. The van der Waals surface area contributed by atoms with Crippen molar-refractivity contribution >= 4 is 45.5 Å². The van der Waals surface area contributed by atoms with Gasteiger partial charge in [-0.3, -0.25) is 4.79 Å². The Kier molecular flexibility index (Phi) is 5.82. The van der Waals surface area contributed by atoms with Crippen molar-refractivity contribution in [2.45, 2.75) is 6.54 Å². The molecule has 0 aliphatic rings. The largest absolute Gasteiger partial charge is 0.497 e. The van der Waals surface area contributed by atoms with Crippen LogP contribution in [0.1, 0.15) is 21.5 Å². The number of amides is 1. The number of methoxy groups -OCH3 is 1. The Balaban J connectivity index is 1.44. The maximum absolute atomic E-state index is 12.8. The van der Waals surface area contributed by atoms with Crippen LogP contribution >= 0.6 is 11.6 Å². The monoisotopic (exact) mass is 470 g/mol. The van der Waals surface area contributed by atoms with Gasteiger partial charge in [0.25, 0.3) is 5.91 Å². The second kappa shape index (κ2) is 9.08. The highest BCUT2D eigenvalue weighted by Crippen LogP contribution is 2.26. The first-order chi connectivity index (χ1) is 16.5. The van der Waals surface area contributed by atoms with Crippen molar-refractivity contribution in [2.75, 3.05) is 7.11 Å². The molecule has 7 heteroatoms. The summed E-state index contributed by atoms with van der Waals surface area (Å²) in [5, 5.41) is 6.85. The number of aromatic nitrogens is 2. The number of hydrogen-bond donors (Lipinski definition) is 1. The molecule has 34 heavy (non-hydrogen) atoms. The number of aryl methyl sites for hydroxylation is 1. The number of benzene rings is 3. The summed E-state index contributed by atoms with van der Waals surface area (Å²) in [5.74, 6) is 0.502. The summed E-state index contributed by atoms with van der Waals surface area (Å²) in [4.78, 5) is 12.8. The Hall–Kier alpha value is -4.03. The lowest BCUT2D eigenvalue weighted by atomic mass is 10.1. The Bertz CT molecular complexity index is 1530. The minimum Gasteiger partial charge on any atom is -0.497 e. The van der Waals surface area contributed by atoms with E-state index in [2.05, 4.69) is 15.1 Å². The van der Waals surface area contributed by atoms with Gasteiger partial charge in [0.2, 0.25) is 0 Å². The van der Waals surface area contributed by atoms with Gasteiger partial charge in [0.05, 0.1) is 18.9 Å². The Morgan fingerprint density at radius 1 is 1.03 bits per heavy atom. The van der Waals surface area contributed by atoms with Crippen molar-refractivity contribution in [3.63, 3.8) is 0 Å². The molecule has 5 aromatic rings. The van der Waals surface area contributed by atoms with Crippen molar-refractivity contribution in [1.82, 2.24) is 14.6 Å². The highest BCUT2D eigenvalue weighted by atomic mass is 35.5. The molecule has 1 N–H and O–H groups in total. The minimum absolute atomic E-state index is 0.254. The molecular weight excluding hydrogens is 448 g/mol. The summed E-state index contributed by atoms with van der Waals surface area (Å²) < 4.78 is 9.50. The van der Waals surface area contributed by atoms with Crippen molar-refractivity contribution in [2.24, 2.45) is 12.1 Å². The van der Waals surface area contributed by atoms with Crippen molar-refractivity contribution in [3.05, 3.63) is 101 Å². The number of para-hydroxylation sites is 1. The second-order valence-corrected chi connectivity index (χ2v) is 8.53. The third-order valence-corrected chi connectivity index (χ3v) is 6.15. The molecular formula is C27H23ClN4O2. The highest BCUT2D eigenvalue weighted by molar-refractivity contribution is 6.30. The number of carbonyl (C=O) groups is 1. The van der Waals surface area contributed by atoms with Gasteiger partial charge in [-0.05, 0) is 42.0 Å². The lowest BCUT2D eigenvalue weighted by molar-refractivity contribution is 0.0956. The van der Waals surface area contributed by atoms with E-state index < -0.39 is 0 Å². The zero-order chi connectivity index (χ0) is 23.7. The van der Waals surface area contributed by atoms with Crippen LogP contribution in [0, 0.1) is 0 Å². The number of nitrogens with one attached hydrogen (secondary N) is 1. The van der Waals surface area contributed by atoms with E-state index in [1.165, 1.54) is 0 Å². The van der Waals surface area contributed by atoms with Gasteiger partial charge in [-0.2, -0.15) is 5.10 Å². The van der Waals surface area contributed by atoms with Gasteiger partial charge in [0.1, 0.15) is 5.75 Å². The zero-order valence-electron chi connectivity index (χ0n) is 18.8. The third-order valence-electron chi connectivity index (χ3n) is 5.90. The van der Waals surface area contributed by atoms with Gasteiger partial charge in [-0.1, -0.05) is 41.9 Å². The first-order valence-electron chi connectivity index (χ1n) is 10.8. The van der Waals surface area contributed by atoms with Gasteiger partial charge >= 0.3 is 0 Å². The van der Waals surface area contributed by atoms with E-state index in [1.807, 2.05) is 90.7 Å². The zero-order valence-corrected chi connectivity index (χ0v) is 19.6. The summed E-state index contributed by atoms with van der Waals surface area (Å²) in [6, 6.07) is 21.5. The van der Waals surface area contributed by atoms with Crippen LogP contribution in [0.2, 0.25) is 5.02 Å². The van der Waals surface area contributed by atoms with E-state index >= 15 is 0 Å². The maximum Gasteiger partial charge on any atom is 0.273 e. The average molecular weight is 471 g/mol. The lowest BCUT2D eigenvalue weighted by Crippen LogP contribution is -2.17. The van der Waals surface area contributed by atoms with Gasteiger partial charge < -0.3 is 13.9 Å². The van der Waals surface area contributed by atoms with Gasteiger partial charge in [-0.15, -0.1) is 0 Å². The first-order valence-corrected chi connectivity index (χ1v) is 11.2. The molecule has 0 spiro atoms. The SMILES string of the molecule is COc1ccc2c(c1)c(/C=N\NC(=O)c1cn(C)c3ccccc13)cn2Cc1ccc(Cl)cc1. The molecule has 0 aliphatic carbocycles. The summed E-state index contributed by atoms with van der Waals surface area (Å²) >= 11 is 6.03. The number of rotatable bonds is 6. The molecule has 6 nitrogen and oxygen atoms in total. The number of fused-ring (bicyclic) bond motifs is 2. The molecule has 2 heterocycles. The molecule has 0 bridgehead atoms. The van der Waals surface area contributed by atoms with Gasteiger partial charge in [-0.25, -0.2) is 5.43 Å². The molecule has 0 atom stereocenters. The fourth-order valence-electron chi connectivity index (χ4n) is 4.19. The lowest BCUT2D eigenvalue weighted by Gasteiger charge is -2.06. The van der Waals surface area contributed by atoms with E-state index in [9.17, 15) is 4.79 Å². The normalized spacial score (nSPS) is 11.5. The number of carbonyl (C=O) groups excluding carboxylic acids is 1. The van der Waals surface area contributed by atoms with Crippen LogP contribution in [-0.4, -0.2) is 28.4 Å². The maximum atomic E-state index is 12.8. The van der Waals surface area contributed by atoms with Crippen LogP contribution in [0.25, 0.3) is 21.8 Å². The van der Waals surface area contributed by atoms with Crippen LogP contribution in [0.3, 0.4) is 0 Å². The Labute approximate surface area is 202 Å². The molecule has 0 unspecified atom stereocenters. The third kappa shape index (κ3) is 4.16. The smallest absolute Gasteiger partial charge is 0.273 e. The van der Waals surface area contributed by atoms with E-state index in [0.29, 0.717) is 17.1 Å². The molecule has 1 amide bonds. The van der Waals surface area contributed by atoms with E-state index in [4.69, 9.17) is 16.3 Å². The number of hydrazone groups is 1. The molecule has 2 aromatic heterocycles. The minimum atomic E-state index is -0.254. The topological polar surface area (TPSA) is 60.5 Å². The second-order valence-electron chi connectivity index (χ2n) is 8.09. The quantitative estimate of drug-likeness (QED) is 0.259. The van der Waals surface area contributed by atoms with Crippen molar-refractivity contribution in [3.8, 4) is 5.75 Å². The predicted octanol–water partition coefficient (Wildman–Crippen LogP) is 5.61. The molecule has 5 rings (SSSR count). The molecule has 0 fully saturated rings. The standard InChI is InChI=1S/C27H23ClN4O2/c1-31-17-24(22-5-3-4-6-25(22)31)27(33)30-29-14-19-16-32(15-18-7-9-20(28)10-8-18)26-12-11-21(34-2)13-23(19)26/h3-14,16-17H,15H2,1-2H3,(H,30,33)/b29-14-. The first kappa shape index (κ1) is 21.8. The Morgan fingerprint density at radius 2 is 1.82 bits per heavy atom. The van der Waals surface area contributed by atoms with Crippen molar-refractivity contribution in [1.29, 1.82) is 0 Å². The molecule has 3 aromatic carbocycles. The average Bonchev–Trinajstić information content (AvgIpc) is 3.38. The van der Waals surface area contributed by atoms with Crippen LogP contribution in [-0.2, 0) is 13.6 Å². The summed E-state index contributed by atoms with van der Waals surface area (Å²) in [6.45, 7) is 0.677. The Morgan fingerprint density at radius 3 is 2.62 bits per heavy atom. The van der Waals surface area contributed by atoms with Crippen LogP contribution in [0.4, 0.5) is 0 Å². The predicted molar refractivity (Wildman–Crippen MR) is 137 cm³/mol. The van der Waals surface area contributed by atoms with E-state index in [0.717, 1.165) is 38.7 Å². The number of hydrogen-bond acceptors (Lipinski definition) is 3. The van der Waals surface area contributed by atoms with Crippen LogP contribution < -0.4 is 10.2 Å². The van der Waals surface area contributed by atoms with E-state index in [1.54, 1.807) is 13.3 Å². The molecule has 0 radical (unpaired) electrons. The van der Waals surface area contributed by atoms with E-state index in [-0.39, 0.29) is 5.91 Å². The highest BCUT2D eigenvalue weighted by Gasteiger charge is 2.13. The van der Waals surface area contributed by atoms with Crippen LogP contribution in [0.15, 0.2) is 84.2 Å². The number of ether oxygens (including phenoxy) is 1. The van der Waals surface area contributed by atoms with Gasteiger partial charge in [0, 0.05) is 58.4 Å². The summed E-state index contributed by atoms with van der Waals surface area (Å²) in [5.41, 5.74) is 7.30. The molecule has 0 saturated heterocycles.